The lowest BCUT2D eigenvalue weighted by Gasteiger charge is -2.10. The molecule has 0 aliphatic rings. The van der Waals surface area contributed by atoms with Gasteiger partial charge < -0.3 is 9.47 Å². The molecule has 0 aliphatic heterocycles. The Morgan fingerprint density at radius 2 is 1.78 bits per heavy atom. The molecule has 6 heteroatoms. The maximum atomic E-state index is 10.9. The second kappa shape index (κ2) is 5.00. The van der Waals surface area contributed by atoms with Gasteiger partial charge in [0.25, 0.3) is 0 Å². The molecular formula is C12H9Cl2NO3. The first-order chi connectivity index (χ1) is 8.62. The van der Waals surface area contributed by atoms with E-state index >= 15 is 0 Å². The van der Waals surface area contributed by atoms with E-state index in [-0.39, 0.29) is 15.7 Å². The van der Waals surface area contributed by atoms with E-state index in [1.165, 1.54) is 14.2 Å². The van der Waals surface area contributed by atoms with Crippen molar-refractivity contribution in [2.24, 2.45) is 0 Å². The van der Waals surface area contributed by atoms with Crippen LogP contribution in [0.15, 0.2) is 12.1 Å². The van der Waals surface area contributed by atoms with Crippen LogP contribution in [0.3, 0.4) is 0 Å². The molecule has 0 fully saturated rings. The number of nitrogens with zero attached hydrogens (tertiary/aromatic N) is 1. The van der Waals surface area contributed by atoms with Crippen LogP contribution in [-0.4, -0.2) is 25.5 Å². The van der Waals surface area contributed by atoms with Gasteiger partial charge >= 0.3 is 0 Å². The summed E-state index contributed by atoms with van der Waals surface area (Å²) in [6.45, 7) is 0. The fourth-order valence-electron chi connectivity index (χ4n) is 1.64. The molecule has 0 aliphatic carbocycles. The number of carbonyl (C=O) groups excluding carboxylic acids is 1. The van der Waals surface area contributed by atoms with Crippen LogP contribution < -0.4 is 9.47 Å². The number of halogens is 2. The Bertz CT molecular complexity index is 628. The second-order valence-corrected chi connectivity index (χ2v) is 4.21. The predicted octanol–water partition coefficient (Wildman–Crippen LogP) is 3.37. The quantitative estimate of drug-likeness (QED) is 0.641. The molecule has 1 aromatic heterocycles. The van der Waals surface area contributed by atoms with Crippen LogP contribution in [0.5, 0.6) is 11.5 Å². The van der Waals surface area contributed by atoms with Gasteiger partial charge in [-0.25, -0.2) is 4.98 Å². The molecule has 0 radical (unpaired) electrons. The minimum Gasteiger partial charge on any atom is -0.493 e. The SMILES string of the molecule is COc1cc2nc(Cl)c(C=O)c(Cl)c2cc1OC. The Balaban J connectivity index is 2.85. The lowest BCUT2D eigenvalue weighted by atomic mass is 10.1. The summed E-state index contributed by atoms with van der Waals surface area (Å²) in [4.78, 5) is 15.0. The Hall–Kier alpha value is -1.52. The van der Waals surface area contributed by atoms with E-state index in [0.29, 0.717) is 28.7 Å². The topological polar surface area (TPSA) is 48.4 Å². The predicted molar refractivity (Wildman–Crippen MR) is 70.3 cm³/mol. The first-order valence-corrected chi connectivity index (χ1v) is 5.73. The summed E-state index contributed by atoms with van der Waals surface area (Å²) in [5.41, 5.74) is 0.700. The molecule has 18 heavy (non-hydrogen) atoms. The molecule has 2 rings (SSSR count). The third-order valence-electron chi connectivity index (χ3n) is 2.53. The molecule has 0 unspecified atom stereocenters. The van der Waals surface area contributed by atoms with E-state index in [1.807, 2.05) is 0 Å². The van der Waals surface area contributed by atoms with Crippen molar-refractivity contribution in [3.63, 3.8) is 0 Å². The van der Waals surface area contributed by atoms with E-state index in [4.69, 9.17) is 32.7 Å². The van der Waals surface area contributed by atoms with Crippen LogP contribution in [0.4, 0.5) is 0 Å². The van der Waals surface area contributed by atoms with Crippen molar-refractivity contribution in [2.45, 2.75) is 0 Å². The summed E-state index contributed by atoms with van der Waals surface area (Å²) >= 11 is 12.0. The van der Waals surface area contributed by atoms with E-state index in [0.717, 1.165) is 0 Å². The highest BCUT2D eigenvalue weighted by Gasteiger charge is 2.15. The largest absolute Gasteiger partial charge is 0.493 e. The molecule has 0 atom stereocenters. The van der Waals surface area contributed by atoms with Crippen molar-refractivity contribution in [2.75, 3.05) is 14.2 Å². The van der Waals surface area contributed by atoms with Gasteiger partial charge in [0, 0.05) is 11.5 Å². The molecule has 4 nitrogen and oxygen atoms in total. The van der Waals surface area contributed by atoms with Crippen LogP contribution in [0, 0.1) is 0 Å². The van der Waals surface area contributed by atoms with Gasteiger partial charge in [0.05, 0.1) is 30.3 Å². The van der Waals surface area contributed by atoms with Crippen LogP contribution in [0.1, 0.15) is 10.4 Å². The molecule has 2 aromatic rings. The van der Waals surface area contributed by atoms with Gasteiger partial charge in [-0.2, -0.15) is 0 Å². The Labute approximate surface area is 113 Å². The molecule has 0 N–H and O–H groups in total. The Morgan fingerprint density at radius 3 is 2.33 bits per heavy atom. The number of fused-ring (bicyclic) bond motifs is 1. The van der Waals surface area contributed by atoms with Crippen LogP contribution >= 0.6 is 23.2 Å². The maximum absolute atomic E-state index is 10.9. The summed E-state index contributed by atoms with van der Waals surface area (Å²) in [5, 5.41) is 0.900. The van der Waals surface area contributed by atoms with Crippen molar-refractivity contribution in [3.8, 4) is 11.5 Å². The smallest absolute Gasteiger partial charge is 0.162 e. The van der Waals surface area contributed by atoms with Crippen LogP contribution in [0.25, 0.3) is 10.9 Å². The molecule has 0 saturated carbocycles. The summed E-state index contributed by atoms with van der Waals surface area (Å²) in [7, 11) is 3.04. The van der Waals surface area contributed by atoms with Gasteiger partial charge in [-0.3, -0.25) is 4.79 Å². The summed E-state index contributed by atoms with van der Waals surface area (Å²) in [6.07, 6.45) is 0.577. The number of methoxy groups -OCH3 is 2. The van der Waals surface area contributed by atoms with Gasteiger partial charge in [0.15, 0.2) is 17.8 Å². The molecule has 0 saturated heterocycles. The van der Waals surface area contributed by atoms with Crippen molar-refractivity contribution in [1.29, 1.82) is 0 Å². The van der Waals surface area contributed by atoms with E-state index in [9.17, 15) is 4.79 Å². The Morgan fingerprint density at radius 1 is 1.17 bits per heavy atom. The normalized spacial score (nSPS) is 10.4. The van der Waals surface area contributed by atoms with Crippen molar-refractivity contribution in [1.82, 2.24) is 4.98 Å². The lowest BCUT2D eigenvalue weighted by Crippen LogP contribution is -1.95. The highest BCUT2D eigenvalue weighted by Crippen LogP contribution is 2.37. The van der Waals surface area contributed by atoms with E-state index in [1.54, 1.807) is 12.1 Å². The fraction of sp³-hybridized carbons (Fsp3) is 0.167. The maximum Gasteiger partial charge on any atom is 0.162 e. The lowest BCUT2D eigenvalue weighted by molar-refractivity contribution is 0.112. The van der Waals surface area contributed by atoms with Crippen molar-refractivity contribution < 1.29 is 14.3 Å². The number of hydrogen-bond donors (Lipinski definition) is 0. The summed E-state index contributed by atoms with van der Waals surface area (Å²) < 4.78 is 10.3. The van der Waals surface area contributed by atoms with E-state index in [2.05, 4.69) is 4.98 Å². The Kier molecular flexibility index (Phi) is 3.59. The monoisotopic (exact) mass is 285 g/mol. The van der Waals surface area contributed by atoms with Crippen LogP contribution in [0.2, 0.25) is 10.2 Å². The zero-order chi connectivity index (χ0) is 13.3. The third-order valence-corrected chi connectivity index (χ3v) is 3.23. The highest BCUT2D eigenvalue weighted by atomic mass is 35.5. The first kappa shape index (κ1) is 12.9. The zero-order valence-corrected chi connectivity index (χ0v) is 11.2. The van der Waals surface area contributed by atoms with Gasteiger partial charge in [0.1, 0.15) is 5.15 Å². The standard InChI is InChI=1S/C12H9Cl2NO3/c1-17-9-3-6-8(4-10(9)18-2)15-12(14)7(5-16)11(6)13/h3-5H,1-2H3. The van der Waals surface area contributed by atoms with Crippen molar-refractivity contribution >= 4 is 40.4 Å². The summed E-state index contributed by atoms with van der Waals surface area (Å²) in [5.74, 6) is 1.02. The molecule has 0 amide bonds. The fourth-order valence-corrected chi connectivity index (χ4v) is 2.20. The number of carbonyl (C=O) groups is 1. The minimum absolute atomic E-state index is 0.0646. The van der Waals surface area contributed by atoms with Gasteiger partial charge in [-0.05, 0) is 6.07 Å². The second-order valence-electron chi connectivity index (χ2n) is 3.47. The summed E-state index contributed by atoms with van der Waals surface area (Å²) in [6, 6.07) is 3.31. The number of ether oxygens (including phenoxy) is 2. The minimum atomic E-state index is 0.0646. The highest BCUT2D eigenvalue weighted by molar-refractivity contribution is 6.41. The van der Waals surface area contributed by atoms with Gasteiger partial charge in [-0.15, -0.1) is 0 Å². The molecule has 1 heterocycles. The number of aromatic nitrogens is 1. The van der Waals surface area contributed by atoms with E-state index < -0.39 is 0 Å². The van der Waals surface area contributed by atoms with Gasteiger partial charge in [0.2, 0.25) is 0 Å². The first-order valence-electron chi connectivity index (χ1n) is 4.98. The number of hydrogen-bond acceptors (Lipinski definition) is 4. The third kappa shape index (κ3) is 1.98. The number of benzene rings is 1. The van der Waals surface area contributed by atoms with Gasteiger partial charge in [-0.1, -0.05) is 23.2 Å². The number of aldehydes is 1. The average molecular weight is 286 g/mol. The molecule has 0 spiro atoms. The van der Waals surface area contributed by atoms with Crippen LogP contribution in [-0.2, 0) is 0 Å². The number of pyridine rings is 1. The molecule has 94 valence electrons. The zero-order valence-electron chi connectivity index (χ0n) is 9.66. The molecule has 1 aromatic carbocycles. The number of rotatable bonds is 3. The molecular weight excluding hydrogens is 277 g/mol. The average Bonchev–Trinajstić information content (AvgIpc) is 2.37. The molecule has 0 bridgehead atoms. The van der Waals surface area contributed by atoms with Crippen molar-refractivity contribution in [3.05, 3.63) is 27.9 Å².